The highest BCUT2D eigenvalue weighted by atomic mass is 32.2. The van der Waals surface area contributed by atoms with Gasteiger partial charge in [-0.1, -0.05) is 30.3 Å². The molecule has 2 atom stereocenters. The maximum atomic E-state index is 12.3. The lowest BCUT2D eigenvalue weighted by atomic mass is 10.1. The molecule has 8 heteroatoms. The molecule has 1 fully saturated rings. The zero-order valence-electron chi connectivity index (χ0n) is 15.2. The van der Waals surface area contributed by atoms with Gasteiger partial charge in [0.25, 0.3) is 0 Å². The number of nitrogens with zero attached hydrogens (tertiary/aromatic N) is 2. The number of aliphatic hydroxyl groups is 1. The molecule has 0 saturated carbocycles. The molecule has 1 aromatic carbocycles. The van der Waals surface area contributed by atoms with Crippen molar-refractivity contribution in [2.75, 3.05) is 32.9 Å². The maximum Gasteiger partial charge on any atom is 0.222 e. The average molecular weight is 382 g/mol. The van der Waals surface area contributed by atoms with E-state index in [9.17, 15) is 23.1 Å². The van der Waals surface area contributed by atoms with Crippen LogP contribution < -0.4 is 0 Å². The predicted molar refractivity (Wildman–Crippen MR) is 98.2 cm³/mol. The number of carbonyl (C=O) groups excluding carboxylic acids is 2. The quantitative estimate of drug-likeness (QED) is 0.670. The Hall–Kier alpha value is -1.77. The standard InChI is InChI=1S/C18H26N2O5S/c1-19(2)26(24,25)13-15-11-20(12-17(15)22)18(23)10-6-9-16(21)14-7-4-3-5-8-14/h3-5,7-8,15,17,22H,6,9-13H2,1-2H3/t15-,17+/m0/s1. The van der Waals surface area contributed by atoms with E-state index in [1.165, 1.54) is 19.0 Å². The number of rotatable bonds is 8. The summed E-state index contributed by atoms with van der Waals surface area (Å²) in [5.41, 5.74) is 0.630. The predicted octanol–water partition coefficient (Wildman–Crippen LogP) is 0.750. The summed E-state index contributed by atoms with van der Waals surface area (Å²) < 4.78 is 25.1. The lowest BCUT2D eigenvalue weighted by Crippen LogP contribution is -2.33. The number of Topliss-reactive ketones (excluding diaryl/α,β-unsaturated/α-hetero) is 1. The number of β-amino-alcohol motifs (C(OH)–C–C–N with tert-alkyl or cyclic N) is 1. The molecule has 0 radical (unpaired) electrons. The van der Waals surface area contributed by atoms with E-state index in [-0.39, 0.29) is 43.4 Å². The normalized spacial score (nSPS) is 20.5. The van der Waals surface area contributed by atoms with Crippen molar-refractivity contribution in [1.82, 2.24) is 9.21 Å². The summed E-state index contributed by atoms with van der Waals surface area (Å²) in [6, 6.07) is 8.93. The summed E-state index contributed by atoms with van der Waals surface area (Å²) >= 11 is 0. The van der Waals surface area contributed by atoms with Crippen molar-refractivity contribution in [3.63, 3.8) is 0 Å². The van der Waals surface area contributed by atoms with Gasteiger partial charge < -0.3 is 10.0 Å². The minimum absolute atomic E-state index is 0.00481. The van der Waals surface area contributed by atoms with E-state index in [0.29, 0.717) is 12.0 Å². The molecular formula is C18H26N2O5S. The van der Waals surface area contributed by atoms with E-state index in [0.717, 1.165) is 4.31 Å². The van der Waals surface area contributed by atoms with Crippen LogP contribution in [-0.4, -0.2) is 73.5 Å². The molecule has 0 unspecified atom stereocenters. The molecule has 1 heterocycles. The summed E-state index contributed by atoms with van der Waals surface area (Å²) in [6.07, 6.45) is 0.0719. The Morgan fingerprint density at radius 2 is 1.81 bits per heavy atom. The van der Waals surface area contributed by atoms with Crippen molar-refractivity contribution in [2.45, 2.75) is 25.4 Å². The van der Waals surface area contributed by atoms with Gasteiger partial charge in [0.1, 0.15) is 0 Å². The highest BCUT2D eigenvalue weighted by Crippen LogP contribution is 2.21. The number of benzene rings is 1. The Balaban J connectivity index is 1.81. The smallest absolute Gasteiger partial charge is 0.222 e. The highest BCUT2D eigenvalue weighted by molar-refractivity contribution is 7.89. The molecule has 0 spiro atoms. The van der Waals surface area contributed by atoms with Crippen LogP contribution in [0.4, 0.5) is 0 Å². The van der Waals surface area contributed by atoms with Crippen molar-refractivity contribution in [2.24, 2.45) is 5.92 Å². The third kappa shape index (κ3) is 5.36. The van der Waals surface area contributed by atoms with E-state index < -0.39 is 22.0 Å². The Bertz CT molecular complexity index is 733. The van der Waals surface area contributed by atoms with Gasteiger partial charge in [0, 0.05) is 51.5 Å². The first kappa shape index (κ1) is 20.5. The summed E-state index contributed by atoms with van der Waals surface area (Å²) in [5.74, 6) is -0.834. The monoisotopic (exact) mass is 382 g/mol. The Labute approximate surface area is 154 Å². The van der Waals surface area contributed by atoms with Crippen LogP contribution in [0.25, 0.3) is 0 Å². The number of carbonyl (C=O) groups is 2. The van der Waals surface area contributed by atoms with Gasteiger partial charge in [0.15, 0.2) is 5.78 Å². The van der Waals surface area contributed by atoms with Gasteiger partial charge >= 0.3 is 0 Å². The summed E-state index contributed by atoms with van der Waals surface area (Å²) in [7, 11) is -0.536. The van der Waals surface area contributed by atoms with Gasteiger partial charge in [-0.25, -0.2) is 12.7 Å². The zero-order valence-corrected chi connectivity index (χ0v) is 16.0. The van der Waals surface area contributed by atoms with Crippen LogP contribution >= 0.6 is 0 Å². The molecule has 1 aromatic rings. The molecule has 1 aliphatic rings. The van der Waals surface area contributed by atoms with Crippen molar-refractivity contribution in [3.05, 3.63) is 35.9 Å². The first-order valence-electron chi connectivity index (χ1n) is 8.65. The lowest BCUT2D eigenvalue weighted by Gasteiger charge is -2.18. The molecule has 7 nitrogen and oxygen atoms in total. The Morgan fingerprint density at radius 3 is 2.42 bits per heavy atom. The number of ketones is 1. The van der Waals surface area contributed by atoms with Gasteiger partial charge in [-0.05, 0) is 6.42 Å². The maximum absolute atomic E-state index is 12.3. The van der Waals surface area contributed by atoms with Crippen molar-refractivity contribution in [1.29, 1.82) is 0 Å². The average Bonchev–Trinajstić information content (AvgIpc) is 2.95. The summed E-state index contributed by atoms with van der Waals surface area (Å²) in [6.45, 7) is 0.360. The minimum atomic E-state index is -3.43. The fourth-order valence-electron chi connectivity index (χ4n) is 2.97. The first-order valence-corrected chi connectivity index (χ1v) is 10.3. The molecular weight excluding hydrogens is 356 g/mol. The van der Waals surface area contributed by atoms with Gasteiger partial charge in [0.05, 0.1) is 11.9 Å². The summed E-state index contributed by atoms with van der Waals surface area (Å²) in [4.78, 5) is 25.8. The second-order valence-corrected chi connectivity index (χ2v) is 9.06. The van der Waals surface area contributed by atoms with Crippen LogP contribution in [0.1, 0.15) is 29.6 Å². The molecule has 0 bridgehead atoms. The fraction of sp³-hybridized carbons (Fsp3) is 0.556. The van der Waals surface area contributed by atoms with E-state index in [1.807, 2.05) is 6.07 Å². The molecule has 1 amide bonds. The van der Waals surface area contributed by atoms with Gasteiger partial charge in [-0.3, -0.25) is 9.59 Å². The SMILES string of the molecule is CN(C)S(=O)(=O)C[C@@H]1CN(C(=O)CCCC(=O)c2ccccc2)C[C@H]1O. The molecule has 0 aliphatic carbocycles. The van der Waals surface area contributed by atoms with E-state index >= 15 is 0 Å². The second kappa shape index (κ2) is 8.75. The van der Waals surface area contributed by atoms with E-state index in [2.05, 4.69) is 0 Å². The largest absolute Gasteiger partial charge is 0.391 e. The van der Waals surface area contributed by atoms with Crippen LogP contribution in [0, 0.1) is 5.92 Å². The van der Waals surface area contributed by atoms with Crippen LogP contribution in [0.2, 0.25) is 0 Å². The molecule has 1 N–H and O–H groups in total. The third-order valence-corrected chi connectivity index (χ3v) is 6.59. The van der Waals surface area contributed by atoms with Crippen LogP contribution in [0.15, 0.2) is 30.3 Å². The molecule has 0 aromatic heterocycles. The second-order valence-electron chi connectivity index (χ2n) is 6.83. The van der Waals surface area contributed by atoms with Gasteiger partial charge in [-0.2, -0.15) is 0 Å². The van der Waals surface area contributed by atoms with Crippen molar-refractivity contribution >= 4 is 21.7 Å². The van der Waals surface area contributed by atoms with E-state index in [1.54, 1.807) is 24.3 Å². The summed E-state index contributed by atoms with van der Waals surface area (Å²) in [5, 5.41) is 10.1. The molecule has 1 aliphatic heterocycles. The zero-order chi connectivity index (χ0) is 19.3. The van der Waals surface area contributed by atoms with Crippen molar-refractivity contribution in [3.8, 4) is 0 Å². The van der Waals surface area contributed by atoms with Crippen molar-refractivity contribution < 1.29 is 23.1 Å². The van der Waals surface area contributed by atoms with Crippen LogP contribution in [0.3, 0.4) is 0 Å². The number of amides is 1. The molecule has 26 heavy (non-hydrogen) atoms. The first-order chi connectivity index (χ1) is 12.2. The number of sulfonamides is 1. The topological polar surface area (TPSA) is 95.0 Å². The molecule has 144 valence electrons. The van der Waals surface area contributed by atoms with Gasteiger partial charge in [0.2, 0.25) is 15.9 Å². The van der Waals surface area contributed by atoms with E-state index in [4.69, 9.17) is 0 Å². The van der Waals surface area contributed by atoms with Gasteiger partial charge in [-0.15, -0.1) is 0 Å². The third-order valence-electron chi connectivity index (χ3n) is 4.63. The number of likely N-dealkylation sites (tertiary alicyclic amines) is 1. The number of aliphatic hydroxyl groups excluding tert-OH is 1. The minimum Gasteiger partial charge on any atom is -0.391 e. The highest BCUT2D eigenvalue weighted by Gasteiger charge is 2.37. The molecule has 1 saturated heterocycles. The Kier molecular flexibility index (Phi) is 6.91. The lowest BCUT2D eigenvalue weighted by molar-refractivity contribution is -0.130. The number of hydrogen-bond donors (Lipinski definition) is 1. The van der Waals surface area contributed by atoms with Crippen LogP contribution in [0.5, 0.6) is 0 Å². The number of hydrogen-bond acceptors (Lipinski definition) is 5. The molecule has 2 rings (SSSR count). The van der Waals surface area contributed by atoms with Crippen LogP contribution in [-0.2, 0) is 14.8 Å². The Morgan fingerprint density at radius 1 is 1.15 bits per heavy atom. The fourth-order valence-corrected chi connectivity index (χ4v) is 4.13.